The van der Waals surface area contributed by atoms with Crippen LogP contribution in [0.2, 0.25) is 0 Å². The van der Waals surface area contributed by atoms with Gasteiger partial charge in [-0.2, -0.15) is 14.9 Å². The molecule has 20 heavy (non-hydrogen) atoms. The molecule has 0 aliphatic carbocycles. The predicted molar refractivity (Wildman–Crippen MR) is 84.9 cm³/mol. The molecule has 0 atom stereocenters. The first-order valence-corrected chi connectivity index (χ1v) is 7.36. The molecule has 0 fully saturated rings. The summed E-state index contributed by atoms with van der Waals surface area (Å²) < 4.78 is 2.12. The lowest BCUT2D eigenvalue weighted by molar-refractivity contribution is 0.872. The summed E-state index contributed by atoms with van der Waals surface area (Å²) >= 11 is 6.89. The van der Waals surface area contributed by atoms with Gasteiger partial charge in [-0.3, -0.25) is 0 Å². The van der Waals surface area contributed by atoms with E-state index < -0.39 is 0 Å². The van der Waals surface area contributed by atoms with Crippen LogP contribution in [0.25, 0.3) is 11.4 Å². The van der Waals surface area contributed by atoms with Gasteiger partial charge in [-0.15, -0.1) is 11.3 Å². The van der Waals surface area contributed by atoms with Gasteiger partial charge in [0.15, 0.2) is 5.82 Å². The van der Waals surface area contributed by atoms with Crippen LogP contribution in [-0.2, 0) is 0 Å². The van der Waals surface area contributed by atoms with E-state index >= 15 is 0 Å². The minimum Gasteiger partial charge on any atom is -0.250 e. The van der Waals surface area contributed by atoms with Gasteiger partial charge >= 0.3 is 0 Å². The molecule has 3 aromatic rings. The highest BCUT2D eigenvalue weighted by Crippen LogP contribution is 2.17. The van der Waals surface area contributed by atoms with Gasteiger partial charge in [0.1, 0.15) is 0 Å². The molecule has 0 saturated heterocycles. The monoisotopic (exact) mass is 300 g/mol. The molecule has 0 bridgehead atoms. The lowest BCUT2D eigenvalue weighted by Gasteiger charge is -2.00. The van der Waals surface area contributed by atoms with Crippen molar-refractivity contribution in [3.63, 3.8) is 0 Å². The fourth-order valence-corrected chi connectivity index (χ4v) is 2.76. The maximum Gasteiger partial charge on any atom is 0.216 e. The Balaban J connectivity index is 2.03. The summed E-state index contributed by atoms with van der Waals surface area (Å²) in [6.45, 7) is 2.06. The number of aromatic nitrogens is 3. The molecule has 0 unspecified atom stereocenters. The largest absolute Gasteiger partial charge is 0.250 e. The molecule has 0 spiro atoms. The maximum absolute atomic E-state index is 5.24. The average molecular weight is 300 g/mol. The van der Waals surface area contributed by atoms with Crippen molar-refractivity contribution in [3.8, 4) is 11.4 Å². The predicted octanol–water partition coefficient (Wildman–Crippen LogP) is 3.86. The van der Waals surface area contributed by atoms with Gasteiger partial charge in [-0.05, 0) is 36.2 Å². The summed E-state index contributed by atoms with van der Waals surface area (Å²) in [7, 11) is 0. The standard InChI is InChI=1S/C14H12N4S2/c1-10-7-8-20-12(10)9-15-18-13(16-17-14(18)19)11-5-3-2-4-6-11/h2-9H,1H3,(H,17,19). The maximum atomic E-state index is 5.24. The fraction of sp³-hybridized carbons (Fsp3) is 0.0714. The molecule has 1 N–H and O–H groups in total. The summed E-state index contributed by atoms with van der Waals surface area (Å²) in [6.07, 6.45) is 1.82. The van der Waals surface area contributed by atoms with Crippen molar-refractivity contribution in [1.82, 2.24) is 14.9 Å². The number of nitrogens with zero attached hydrogens (tertiary/aromatic N) is 3. The zero-order chi connectivity index (χ0) is 13.9. The lowest BCUT2D eigenvalue weighted by Crippen LogP contribution is -1.94. The number of aromatic amines is 1. The molecule has 2 aromatic heterocycles. The SMILES string of the molecule is Cc1ccsc1C=Nn1c(-c2ccccc2)n[nH]c1=S. The molecular weight excluding hydrogens is 288 g/mol. The molecule has 100 valence electrons. The number of hydrogen-bond donors (Lipinski definition) is 1. The van der Waals surface area contributed by atoms with Crippen LogP contribution >= 0.6 is 23.6 Å². The van der Waals surface area contributed by atoms with E-state index in [-0.39, 0.29) is 0 Å². The quantitative estimate of drug-likeness (QED) is 0.590. The van der Waals surface area contributed by atoms with Crippen LogP contribution in [0.4, 0.5) is 0 Å². The van der Waals surface area contributed by atoms with Crippen molar-refractivity contribution in [1.29, 1.82) is 0 Å². The molecule has 1 aromatic carbocycles. The third-order valence-corrected chi connectivity index (χ3v) is 4.09. The fourth-order valence-electron chi connectivity index (χ4n) is 1.80. The molecule has 0 radical (unpaired) electrons. The zero-order valence-electron chi connectivity index (χ0n) is 10.8. The Kier molecular flexibility index (Phi) is 3.58. The highest BCUT2D eigenvalue weighted by atomic mass is 32.1. The number of hydrogen-bond acceptors (Lipinski definition) is 4. The van der Waals surface area contributed by atoms with E-state index in [4.69, 9.17) is 12.2 Å². The van der Waals surface area contributed by atoms with Gasteiger partial charge in [0.25, 0.3) is 0 Å². The normalized spacial score (nSPS) is 11.2. The van der Waals surface area contributed by atoms with E-state index in [2.05, 4.69) is 28.3 Å². The summed E-state index contributed by atoms with van der Waals surface area (Å²) in [5.74, 6) is 0.709. The Morgan fingerprint density at radius 3 is 2.80 bits per heavy atom. The highest BCUT2D eigenvalue weighted by molar-refractivity contribution is 7.71. The smallest absolute Gasteiger partial charge is 0.216 e. The molecule has 0 aliphatic rings. The molecule has 0 saturated carbocycles. The van der Waals surface area contributed by atoms with Crippen molar-refractivity contribution in [2.24, 2.45) is 5.10 Å². The second kappa shape index (κ2) is 5.52. The lowest BCUT2D eigenvalue weighted by atomic mass is 10.2. The van der Waals surface area contributed by atoms with Crippen LogP contribution in [0.15, 0.2) is 46.9 Å². The first kappa shape index (κ1) is 13.0. The molecule has 0 amide bonds. The van der Waals surface area contributed by atoms with Crippen molar-refractivity contribution in [2.75, 3.05) is 0 Å². The Morgan fingerprint density at radius 1 is 1.30 bits per heavy atom. The number of nitrogens with one attached hydrogen (secondary N) is 1. The zero-order valence-corrected chi connectivity index (χ0v) is 12.4. The third-order valence-electron chi connectivity index (χ3n) is 2.87. The molecule has 4 nitrogen and oxygen atoms in total. The number of benzene rings is 1. The van der Waals surface area contributed by atoms with E-state index in [0.717, 1.165) is 10.4 Å². The van der Waals surface area contributed by atoms with Crippen molar-refractivity contribution in [2.45, 2.75) is 6.92 Å². The Hall–Kier alpha value is -2.05. The number of rotatable bonds is 3. The van der Waals surface area contributed by atoms with Gasteiger partial charge in [0, 0.05) is 5.56 Å². The van der Waals surface area contributed by atoms with Crippen LogP contribution in [-0.4, -0.2) is 21.1 Å². The molecule has 2 heterocycles. The van der Waals surface area contributed by atoms with E-state index in [1.54, 1.807) is 16.0 Å². The summed E-state index contributed by atoms with van der Waals surface area (Å²) in [4.78, 5) is 1.12. The van der Waals surface area contributed by atoms with Crippen molar-refractivity contribution >= 4 is 29.8 Å². The van der Waals surface area contributed by atoms with E-state index in [9.17, 15) is 0 Å². The highest BCUT2D eigenvalue weighted by Gasteiger charge is 2.07. The van der Waals surface area contributed by atoms with Gasteiger partial charge < -0.3 is 0 Å². The Labute approximate surface area is 125 Å². The molecular formula is C14H12N4S2. The second-order valence-electron chi connectivity index (χ2n) is 4.24. The van der Waals surface area contributed by atoms with Crippen LogP contribution in [0.1, 0.15) is 10.4 Å². The second-order valence-corrected chi connectivity index (χ2v) is 5.58. The summed E-state index contributed by atoms with van der Waals surface area (Å²) in [5, 5.41) is 13.5. The minimum absolute atomic E-state index is 0.481. The summed E-state index contributed by atoms with van der Waals surface area (Å²) in [6, 6.07) is 11.9. The minimum atomic E-state index is 0.481. The van der Waals surface area contributed by atoms with E-state index in [1.165, 1.54) is 5.56 Å². The van der Waals surface area contributed by atoms with Crippen LogP contribution in [0.5, 0.6) is 0 Å². The average Bonchev–Trinajstić information content (AvgIpc) is 3.04. The van der Waals surface area contributed by atoms with E-state index in [0.29, 0.717) is 10.6 Å². The van der Waals surface area contributed by atoms with Gasteiger partial charge in [-0.25, -0.2) is 5.10 Å². The summed E-state index contributed by atoms with van der Waals surface area (Å²) in [5.41, 5.74) is 2.18. The first-order valence-electron chi connectivity index (χ1n) is 6.07. The topological polar surface area (TPSA) is 46.0 Å². The number of thiophene rings is 1. The first-order chi connectivity index (χ1) is 9.75. The third kappa shape index (κ3) is 2.48. The Morgan fingerprint density at radius 2 is 2.10 bits per heavy atom. The van der Waals surface area contributed by atoms with Crippen LogP contribution in [0, 0.1) is 11.7 Å². The molecule has 0 aliphatic heterocycles. The number of H-pyrrole nitrogens is 1. The van der Waals surface area contributed by atoms with Crippen molar-refractivity contribution < 1.29 is 0 Å². The van der Waals surface area contributed by atoms with Crippen molar-refractivity contribution in [3.05, 3.63) is 57.0 Å². The van der Waals surface area contributed by atoms with Gasteiger partial charge in [0.05, 0.1) is 11.1 Å². The van der Waals surface area contributed by atoms with E-state index in [1.807, 2.05) is 41.9 Å². The van der Waals surface area contributed by atoms with Gasteiger partial charge in [-0.1, -0.05) is 30.3 Å². The van der Waals surface area contributed by atoms with Crippen LogP contribution in [0.3, 0.4) is 0 Å². The molecule has 6 heteroatoms. The Bertz CT molecular complexity index is 796. The number of aryl methyl sites for hydroxylation is 1. The van der Waals surface area contributed by atoms with Gasteiger partial charge in [0.2, 0.25) is 4.77 Å². The molecule has 3 rings (SSSR count). The van der Waals surface area contributed by atoms with Crippen LogP contribution < -0.4 is 0 Å².